The summed E-state index contributed by atoms with van der Waals surface area (Å²) >= 11 is 12.1. The van der Waals surface area contributed by atoms with Gasteiger partial charge in [0.25, 0.3) is 5.89 Å². The number of halogens is 2. The average Bonchev–Trinajstić information content (AvgIpc) is 3.06. The summed E-state index contributed by atoms with van der Waals surface area (Å²) in [5.41, 5.74) is 1.41. The van der Waals surface area contributed by atoms with Gasteiger partial charge in [-0.15, -0.1) is 10.2 Å². The highest BCUT2D eigenvalue weighted by molar-refractivity contribution is 6.50. The predicted molar refractivity (Wildman–Crippen MR) is 93.1 cm³/mol. The molecule has 3 rings (SSSR count). The molecule has 0 spiro atoms. The van der Waals surface area contributed by atoms with Crippen molar-refractivity contribution in [1.29, 1.82) is 0 Å². The first-order valence-electron chi connectivity index (χ1n) is 6.91. The van der Waals surface area contributed by atoms with E-state index in [1.165, 1.54) is 13.2 Å². The zero-order valence-corrected chi connectivity index (χ0v) is 14.0. The molecule has 24 heavy (non-hydrogen) atoms. The minimum absolute atomic E-state index is 0.0168. The van der Waals surface area contributed by atoms with Gasteiger partial charge in [0, 0.05) is 10.6 Å². The fourth-order valence-electron chi connectivity index (χ4n) is 2.03. The van der Waals surface area contributed by atoms with Crippen molar-refractivity contribution in [2.45, 2.75) is 0 Å². The van der Waals surface area contributed by atoms with Crippen LogP contribution in [0, 0.1) is 0 Å². The van der Waals surface area contributed by atoms with Gasteiger partial charge in [0.05, 0.1) is 7.11 Å². The topological polar surface area (TPSA) is 68.4 Å². The summed E-state index contributed by atoms with van der Waals surface area (Å²) in [5.74, 6) is 0.914. The minimum atomic E-state index is 0.0168. The summed E-state index contributed by atoms with van der Waals surface area (Å²) < 4.78 is 10.6. The van der Waals surface area contributed by atoms with Crippen molar-refractivity contribution < 1.29 is 14.3 Å². The maximum Gasteiger partial charge on any atom is 0.259 e. The standard InChI is InChI=1S/C17H12Cl2N2O3/c1-23-15-7-2-10(9-14(15)22)8-13(19)17-21-20-16(24-17)11-3-5-12(18)6-4-11/h2-9,22H,1H3/b13-8-. The Morgan fingerprint density at radius 2 is 1.92 bits per heavy atom. The lowest BCUT2D eigenvalue weighted by atomic mass is 10.2. The van der Waals surface area contributed by atoms with Crippen molar-refractivity contribution in [3.8, 4) is 23.0 Å². The van der Waals surface area contributed by atoms with Crippen molar-refractivity contribution in [2.75, 3.05) is 7.11 Å². The molecule has 122 valence electrons. The quantitative estimate of drug-likeness (QED) is 0.718. The highest BCUT2D eigenvalue weighted by Gasteiger charge is 2.12. The number of rotatable bonds is 4. The third kappa shape index (κ3) is 3.53. The minimum Gasteiger partial charge on any atom is -0.504 e. The Kier molecular flexibility index (Phi) is 4.74. The second-order valence-electron chi connectivity index (χ2n) is 4.84. The van der Waals surface area contributed by atoms with E-state index in [-0.39, 0.29) is 16.7 Å². The molecule has 0 aliphatic rings. The van der Waals surface area contributed by atoms with Gasteiger partial charge in [-0.05, 0) is 48.0 Å². The molecule has 0 amide bonds. The van der Waals surface area contributed by atoms with Gasteiger partial charge in [-0.2, -0.15) is 0 Å². The van der Waals surface area contributed by atoms with Gasteiger partial charge in [-0.25, -0.2) is 0 Å². The van der Waals surface area contributed by atoms with Crippen molar-refractivity contribution in [2.24, 2.45) is 0 Å². The van der Waals surface area contributed by atoms with Gasteiger partial charge < -0.3 is 14.3 Å². The molecule has 7 heteroatoms. The average molecular weight is 363 g/mol. The second-order valence-corrected chi connectivity index (χ2v) is 5.69. The summed E-state index contributed by atoms with van der Waals surface area (Å²) in [6, 6.07) is 11.9. The van der Waals surface area contributed by atoms with Crippen LogP contribution in [-0.2, 0) is 0 Å². The molecule has 0 atom stereocenters. The van der Waals surface area contributed by atoms with Gasteiger partial charge in [0.15, 0.2) is 11.5 Å². The molecule has 1 heterocycles. The zero-order chi connectivity index (χ0) is 17.1. The molecule has 1 N–H and O–H groups in total. The molecule has 0 fully saturated rings. The lowest BCUT2D eigenvalue weighted by molar-refractivity contribution is 0.373. The first-order valence-corrected chi connectivity index (χ1v) is 7.66. The molecular weight excluding hydrogens is 351 g/mol. The van der Waals surface area contributed by atoms with E-state index in [1.54, 1.807) is 42.5 Å². The maximum atomic E-state index is 9.79. The Balaban J connectivity index is 1.86. The van der Waals surface area contributed by atoms with Crippen LogP contribution in [0.4, 0.5) is 0 Å². The fraction of sp³-hybridized carbons (Fsp3) is 0.0588. The highest BCUT2D eigenvalue weighted by atomic mass is 35.5. The Bertz CT molecular complexity index is 889. The molecule has 1 aromatic heterocycles. The largest absolute Gasteiger partial charge is 0.504 e. The number of benzene rings is 2. The first-order chi connectivity index (χ1) is 11.6. The smallest absolute Gasteiger partial charge is 0.259 e. The number of methoxy groups -OCH3 is 1. The van der Waals surface area contributed by atoms with E-state index in [9.17, 15) is 5.11 Å². The molecule has 0 unspecified atom stereocenters. The van der Waals surface area contributed by atoms with E-state index in [0.29, 0.717) is 22.2 Å². The SMILES string of the molecule is COc1ccc(/C=C(\Cl)c2nnc(-c3ccc(Cl)cc3)o2)cc1O. The predicted octanol–water partition coefficient (Wildman–Crippen LogP) is 4.84. The van der Waals surface area contributed by atoms with Gasteiger partial charge in [-0.1, -0.05) is 29.3 Å². The van der Waals surface area contributed by atoms with Crippen LogP contribution in [0.25, 0.3) is 22.6 Å². The molecule has 0 saturated carbocycles. The first kappa shape index (κ1) is 16.4. The van der Waals surface area contributed by atoms with E-state index < -0.39 is 0 Å². The van der Waals surface area contributed by atoms with Crippen LogP contribution in [-0.4, -0.2) is 22.4 Å². The van der Waals surface area contributed by atoms with E-state index in [1.807, 2.05) is 0 Å². The van der Waals surface area contributed by atoms with Gasteiger partial charge in [0.2, 0.25) is 5.89 Å². The van der Waals surface area contributed by atoms with Crippen LogP contribution in [0.1, 0.15) is 11.5 Å². The summed E-state index contributed by atoms with van der Waals surface area (Å²) in [5, 5.41) is 18.6. The highest BCUT2D eigenvalue weighted by Crippen LogP contribution is 2.30. The fourth-order valence-corrected chi connectivity index (χ4v) is 2.36. The Hall–Kier alpha value is -2.50. The monoisotopic (exact) mass is 362 g/mol. The number of hydrogen-bond acceptors (Lipinski definition) is 5. The Labute approximate surface area is 148 Å². The zero-order valence-electron chi connectivity index (χ0n) is 12.5. The number of phenolic OH excluding ortho intramolecular Hbond substituents is 1. The van der Waals surface area contributed by atoms with Crippen LogP contribution in [0.5, 0.6) is 11.5 Å². The molecule has 0 bridgehead atoms. The van der Waals surface area contributed by atoms with Crippen LogP contribution < -0.4 is 4.74 Å². The molecule has 0 aliphatic carbocycles. The number of nitrogens with zero attached hydrogens (tertiary/aromatic N) is 2. The summed E-state index contributed by atoms with van der Waals surface area (Å²) in [6.07, 6.45) is 1.61. The van der Waals surface area contributed by atoms with Crippen molar-refractivity contribution in [1.82, 2.24) is 10.2 Å². The third-order valence-electron chi connectivity index (χ3n) is 3.22. The van der Waals surface area contributed by atoms with Crippen LogP contribution >= 0.6 is 23.2 Å². The summed E-state index contributed by atoms with van der Waals surface area (Å²) in [4.78, 5) is 0. The normalized spacial score (nSPS) is 11.5. The number of aromatic nitrogens is 2. The number of aromatic hydroxyl groups is 1. The van der Waals surface area contributed by atoms with Gasteiger partial charge in [0.1, 0.15) is 5.03 Å². The molecule has 0 radical (unpaired) electrons. The third-order valence-corrected chi connectivity index (χ3v) is 3.74. The van der Waals surface area contributed by atoms with Gasteiger partial charge in [-0.3, -0.25) is 0 Å². The van der Waals surface area contributed by atoms with E-state index in [4.69, 9.17) is 32.4 Å². The van der Waals surface area contributed by atoms with Gasteiger partial charge >= 0.3 is 0 Å². The number of hydrogen-bond donors (Lipinski definition) is 1. The maximum absolute atomic E-state index is 9.79. The van der Waals surface area contributed by atoms with Crippen molar-refractivity contribution in [3.05, 3.63) is 58.9 Å². The molecule has 5 nitrogen and oxygen atoms in total. The van der Waals surface area contributed by atoms with Crippen molar-refractivity contribution >= 4 is 34.3 Å². The summed E-state index contributed by atoms with van der Waals surface area (Å²) in [7, 11) is 1.48. The Morgan fingerprint density at radius 1 is 1.17 bits per heavy atom. The lowest BCUT2D eigenvalue weighted by Crippen LogP contribution is -1.84. The van der Waals surface area contributed by atoms with Crippen LogP contribution in [0.15, 0.2) is 46.9 Å². The number of phenols is 1. The number of ether oxygens (including phenoxy) is 1. The second kappa shape index (κ2) is 6.95. The molecule has 0 aliphatic heterocycles. The van der Waals surface area contributed by atoms with E-state index in [2.05, 4.69) is 10.2 Å². The molecule has 3 aromatic rings. The van der Waals surface area contributed by atoms with E-state index in [0.717, 1.165) is 5.56 Å². The summed E-state index contributed by atoms with van der Waals surface area (Å²) in [6.45, 7) is 0. The molecule has 0 saturated heterocycles. The Morgan fingerprint density at radius 3 is 2.58 bits per heavy atom. The van der Waals surface area contributed by atoms with E-state index >= 15 is 0 Å². The lowest BCUT2D eigenvalue weighted by Gasteiger charge is -2.03. The van der Waals surface area contributed by atoms with Crippen LogP contribution in [0.3, 0.4) is 0 Å². The van der Waals surface area contributed by atoms with Crippen LogP contribution in [0.2, 0.25) is 5.02 Å². The molecular formula is C17H12Cl2N2O3. The molecule has 2 aromatic carbocycles. The van der Waals surface area contributed by atoms with Crippen molar-refractivity contribution in [3.63, 3.8) is 0 Å².